The Hall–Kier alpha value is -3.91. The van der Waals surface area contributed by atoms with Crippen LogP contribution in [0.5, 0.6) is 11.5 Å². The van der Waals surface area contributed by atoms with Gasteiger partial charge in [-0.15, -0.1) is 0 Å². The summed E-state index contributed by atoms with van der Waals surface area (Å²) in [6.45, 7) is 13.5. The lowest BCUT2D eigenvalue weighted by atomic mass is 9.39. The summed E-state index contributed by atoms with van der Waals surface area (Å²) in [7, 11) is 1.54. The van der Waals surface area contributed by atoms with Crippen LogP contribution in [0, 0.1) is 41.4 Å². The highest BCUT2D eigenvalue weighted by molar-refractivity contribution is 6.32. The molecule has 8 heteroatoms. The minimum Gasteiger partial charge on any atom is -0.507 e. The molecule has 3 unspecified atom stereocenters. The molecule has 8 nitrogen and oxygen atoms in total. The predicted octanol–water partition coefficient (Wildman–Crippen LogP) is 4.72. The highest BCUT2D eigenvalue weighted by Gasteiger charge is 2.76. The van der Waals surface area contributed by atoms with E-state index in [0.717, 1.165) is 12.5 Å². The van der Waals surface area contributed by atoms with Crippen molar-refractivity contribution in [1.82, 2.24) is 0 Å². The number of ketones is 5. The van der Waals surface area contributed by atoms with Crippen LogP contribution in [0.25, 0.3) is 17.2 Å². The number of phenols is 1. The van der Waals surface area contributed by atoms with E-state index in [1.54, 1.807) is 52.8 Å². The molecule has 0 spiro atoms. The fraction of sp³-hybridized carbons (Fsp3) is 0.457. The quantitative estimate of drug-likeness (QED) is 0.481. The van der Waals surface area contributed by atoms with Crippen molar-refractivity contribution in [3.63, 3.8) is 0 Å². The molecule has 2 fully saturated rings. The van der Waals surface area contributed by atoms with E-state index < -0.39 is 69.0 Å². The summed E-state index contributed by atoms with van der Waals surface area (Å²) in [5.74, 6) is -8.60. The van der Waals surface area contributed by atoms with Gasteiger partial charge in [0, 0.05) is 16.9 Å². The average Bonchev–Trinajstić information content (AvgIpc) is 2.91. The van der Waals surface area contributed by atoms with Crippen LogP contribution in [0.2, 0.25) is 0 Å². The second-order valence-electron chi connectivity index (χ2n) is 13.4. The van der Waals surface area contributed by atoms with Crippen LogP contribution in [0.3, 0.4) is 0 Å². The van der Waals surface area contributed by atoms with E-state index in [1.165, 1.54) is 7.11 Å². The number of methoxy groups -OCH3 is 1. The maximum atomic E-state index is 14.5. The molecule has 0 radical (unpaired) electrons. The first-order valence-electron chi connectivity index (χ1n) is 14.6. The zero-order valence-electron chi connectivity index (χ0n) is 25.7. The second kappa shape index (κ2) is 9.81. The van der Waals surface area contributed by atoms with Gasteiger partial charge in [-0.2, -0.15) is 0 Å². The fourth-order valence-electron chi connectivity index (χ4n) is 8.64. The molecule has 2 aromatic carbocycles. The number of phenolic OH excluding ortho intramolecular Hbond substituents is 1. The minimum atomic E-state index is -2.73. The van der Waals surface area contributed by atoms with E-state index in [9.17, 15) is 34.2 Å². The molecule has 226 valence electrons. The van der Waals surface area contributed by atoms with Crippen molar-refractivity contribution in [2.24, 2.45) is 34.5 Å². The van der Waals surface area contributed by atoms with Crippen molar-refractivity contribution >= 4 is 35.0 Å². The molecule has 0 saturated heterocycles. The molecular formula is C35H38O8. The van der Waals surface area contributed by atoms with Crippen molar-refractivity contribution in [2.75, 3.05) is 7.11 Å². The topological polar surface area (TPSA) is 135 Å². The minimum absolute atomic E-state index is 0.0129. The standard InChI is InChI=1S/C35H38O8/c1-9-19-10-11-23(43-8)21(13-19)20-12-17(4)28(37)25-22(20)14-33(6)15-34(7)26(16(2)3)29(38)24(18(5)36)31(40)35(34,42)32(41)27(33)30(25)39/h9-13,16,24,26-27,37,42H,1,14-15H2,2-8H3/t24?,26?,27?,33-,34-,35+/m1/s1. The zero-order valence-corrected chi connectivity index (χ0v) is 25.7. The van der Waals surface area contributed by atoms with Gasteiger partial charge in [-0.05, 0) is 78.5 Å². The maximum absolute atomic E-state index is 14.5. The van der Waals surface area contributed by atoms with Gasteiger partial charge in [-0.25, -0.2) is 0 Å². The lowest BCUT2D eigenvalue weighted by Gasteiger charge is -2.62. The molecule has 0 amide bonds. The molecule has 3 aliphatic rings. The van der Waals surface area contributed by atoms with Crippen LogP contribution >= 0.6 is 0 Å². The van der Waals surface area contributed by atoms with Gasteiger partial charge in [0.2, 0.25) is 0 Å². The smallest absolute Gasteiger partial charge is 0.190 e. The van der Waals surface area contributed by atoms with E-state index in [4.69, 9.17) is 4.74 Å². The molecule has 6 atom stereocenters. The van der Waals surface area contributed by atoms with Gasteiger partial charge in [-0.1, -0.05) is 46.4 Å². The monoisotopic (exact) mass is 586 g/mol. The van der Waals surface area contributed by atoms with Gasteiger partial charge in [0.15, 0.2) is 28.7 Å². The van der Waals surface area contributed by atoms with E-state index in [-0.39, 0.29) is 24.2 Å². The van der Waals surface area contributed by atoms with Crippen LogP contribution < -0.4 is 4.74 Å². The number of carbonyl (C=O) groups excluding carboxylic acids is 5. The highest BCUT2D eigenvalue weighted by atomic mass is 16.5. The summed E-state index contributed by atoms with van der Waals surface area (Å²) in [6.07, 6.45) is 1.81. The summed E-state index contributed by atoms with van der Waals surface area (Å²) >= 11 is 0. The van der Waals surface area contributed by atoms with Crippen molar-refractivity contribution in [3.05, 3.63) is 53.1 Å². The van der Waals surface area contributed by atoms with Gasteiger partial charge in [0.25, 0.3) is 0 Å². The third-order valence-electron chi connectivity index (χ3n) is 10.3. The molecular weight excluding hydrogens is 548 g/mol. The predicted molar refractivity (Wildman–Crippen MR) is 160 cm³/mol. The third kappa shape index (κ3) is 3.88. The Bertz CT molecular complexity index is 1650. The van der Waals surface area contributed by atoms with Crippen molar-refractivity contribution in [1.29, 1.82) is 0 Å². The number of rotatable bonds is 5. The number of Topliss-reactive ketones (excluding diaryl/α,β-unsaturated/α-hetero) is 5. The first-order valence-corrected chi connectivity index (χ1v) is 14.6. The highest BCUT2D eigenvalue weighted by Crippen LogP contribution is 2.64. The van der Waals surface area contributed by atoms with Crippen LogP contribution in [-0.4, -0.2) is 51.8 Å². The van der Waals surface area contributed by atoms with E-state index in [1.807, 2.05) is 12.1 Å². The molecule has 43 heavy (non-hydrogen) atoms. The molecule has 3 aliphatic carbocycles. The zero-order chi connectivity index (χ0) is 32.0. The number of aliphatic hydroxyl groups is 1. The Balaban J connectivity index is 1.79. The van der Waals surface area contributed by atoms with E-state index >= 15 is 0 Å². The number of hydrogen-bond acceptors (Lipinski definition) is 8. The van der Waals surface area contributed by atoms with Gasteiger partial charge in [0.1, 0.15) is 23.2 Å². The first-order chi connectivity index (χ1) is 20.0. The lowest BCUT2D eigenvalue weighted by molar-refractivity contribution is -0.205. The van der Waals surface area contributed by atoms with Crippen LogP contribution in [0.4, 0.5) is 0 Å². The molecule has 5 rings (SSSR count). The van der Waals surface area contributed by atoms with Gasteiger partial charge in [0.05, 0.1) is 18.6 Å². The van der Waals surface area contributed by atoms with Crippen molar-refractivity contribution in [2.45, 2.75) is 60.0 Å². The fourth-order valence-corrected chi connectivity index (χ4v) is 8.64. The third-order valence-corrected chi connectivity index (χ3v) is 10.3. The van der Waals surface area contributed by atoms with Gasteiger partial charge < -0.3 is 14.9 Å². The Morgan fingerprint density at radius 1 is 1.09 bits per heavy atom. The molecule has 2 N–H and O–H groups in total. The van der Waals surface area contributed by atoms with Crippen LogP contribution in [0.1, 0.15) is 68.1 Å². The van der Waals surface area contributed by atoms with Crippen LogP contribution in [0.15, 0.2) is 30.8 Å². The summed E-state index contributed by atoms with van der Waals surface area (Å²) < 4.78 is 5.66. The molecule has 2 saturated carbocycles. The molecule has 0 bridgehead atoms. The van der Waals surface area contributed by atoms with Crippen molar-refractivity contribution in [3.8, 4) is 22.6 Å². The number of fused-ring (bicyclic) bond motifs is 3. The number of hydrogen-bond donors (Lipinski definition) is 2. The summed E-state index contributed by atoms with van der Waals surface area (Å²) in [6, 6.07) is 7.29. The first kappa shape index (κ1) is 30.5. The summed E-state index contributed by atoms with van der Waals surface area (Å²) in [5.41, 5.74) is -2.42. The Morgan fingerprint density at radius 2 is 1.74 bits per heavy atom. The van der Waals surface area contributed by atoms with Crippen molar-refractivity contribution < 1.29 is 38.9 Å². The largest absolute Gasteiger partial charge is 0.507 e. The SMILES string of the molecule is C=Cc1ccc(OC)c(-c2cc(C)c(O)c3c2C[C@]2(C)C[C@]4(C)C(C(C)C)C(=O)C(C(C)=O)C(=O)[C@]4(O)C(=O)C2C3=O)c1. The Labute approximate surface area is 251 Å². The number of carbonyl (C=O) groups is 5. The van der Waals surface area contributed by atoms with E-state index in [0.29, 0.717) is 28.0 Å². The van der Waals surface area contributed by atoms with Crippen LogP contribution in [-0.2, 0) is 25.6 Å². The second-order valence-corrected chi connectivity index (χ2v) is 13.4. The van der Waals surface area contributed by atoms with Gasteiger partial charge >= 0.3 is 0 Å². The Kier molecular flexibility index (Phi) is 6.97. The number of benzene rings is 2. The molecule has 2 aromatic rings. The van der Waals surface area contributed by atoms with E-state index in [2.05, 4.69) is 6.58 Å². The number of ether oxygens (including phenoxy) is 1. The van der Waals surface area contributed by atoms with Gasteiger partial charge in [-0.3, -0.25) is 24.0 Å². The average molecular weight is 587 g/mol. The molecule has 0 heterocycles. The molecule has 0 aliphatic heterocycles. The lowest BCUT2D eigenvalue weighted by Crippen LogP contribution is -2.76. The Morgan fingerprint density at radius 3 is 2.30 bits per heavy atom. The maximum Gasteiger partial charge on any atom is 0.190 e. The summed E-state index contributed by atoms with van der Waals surface area (Å²) in [4.78, 5) is 69.1. The molecule has 0 aromatic heterocycles. The number of aromatic hydroxyl groups is 1. The number of aryl methyl sites for hydroxylation is 1. The normalized spacial score (nSPS) is 31.8. The summed E-state index contributed by atoms with van der Waals surface area (Å²) in [5, 5.41) is 23.4.